The zero-order valence-corrected chi connectivity index (χ0v) is 10.4. The molecular formula is C13H20O3. The number of aliphatic hydroxyl groups is 1. The van der Waals surface area contributed by atoms with Crippen LogP contribution in [0, 0.1) is 5.41 Å². The third-order valence-electron chi connectivity index (χ3n) is 2.45. The normalized spacial score (nSPS) is 13.3. The fourth-order valence-corrected chi connectivity index (χ4v) is 1.12. The molecule has 1 aromatic carbocycles. The second-order valence-electron chi connectivity index (χ2n) is 4.87. The summed E-state index contributed by atoms with van der Waals surface area (Å²) in [6, 6.07) is 7.36. The highest BCUT2D eigenvalue weighted by molar-refractivity contribution is 5.32. The van der Waals surface area contributed by atoms with Crippen LogP contribution in [0.1, 0.15) is 20.8 Å². The fraction of sp³-hybridized carbons (Fsp3) is 0.538. The average molecular weight is 224 g/mol. The highest BCUT2D eigenvalue weighted by Crippen LogP contribution is 2.22. The van der Waals surface area contributed by atoms with Crippen LogP contribution in [0.4, 0.5) is 0 Å². The SMILES string of the molecule is COc1cccc(OCC(O)C(C)(C)C)c1. The molecule has 3 heteroatoms. The van der Waals surface area contributed by atoms with Crippen LogP contribution in [0.2, 0.25) is 0 Å². The third-order valence-corrected chi connectivity index (χ3v) is 2.45. The van der Waals surface area contributed by atoms with E-state index in [0.717, 1.165) is 5.75 Å². The molecule has 0 saturated carbocycles. The molecule has 1 rings (SSSR count). The van der Waals surface area contributed by atoms with Gasteiger partial charge in [-0.25, -0.2) is 0 Å². The number of ether oxygens (including phenoxy) is 2. The highest BCUT2D eigenvalue weighted by Gasteiger charge is 2.22. The fourth-order valence-electron chi connectivity index (χ4n) is 1.12. The molecule has 1 aromatic rings. The molecule has 0 heterocycles. The van der Waals surface area contributed by atoms with Crippen molar-refractivity contribution >= 4 is 0 Å². The Morgan fingerprint density at radius 1 is 1.25 bits per heavy atom. The Labute approximate surface area is 97.0 Å². The zero-order chi connectivity index (χ0) is 12.2. The van der Waals surface area contributed by atoms with Crippen molar-refractivity contribution in [3.05, 3.63) is 24.3 Å². The first-order valence-electron chi connectivity index (χ1n) is 5.38. The van der Waals surface area contributed by atoms with Gasteiger partial charge in [0, 0.05) is 6.07 Å². The number of hydrogen-bond acceptors (Lipinski definition) is 3. The number of aliphatic hydroxyl groups excluding tert-OH is 1. The van der Waals surface area contributed by atoms with Crippen LogP contribution in [-0.2, 0) is 0 Å². The van der Waals surface area contributed by atoms with Crippen molar-refractivity contribution in [2.24, 2.45) is 5.41 Å². The Hall–Kier alpha value is -1.22. The Kier molecular flexibility index (Phi) is 4.19. The Morgan fingerprint density at radius 2 is 1.88 bits per heavy atom. The molecule has 1 N–H and O–H groups in total. The largest absolute Gasteiger partial charge is 0.497 e. The van der Waals surface area contributed by atoms with Crippen molar-refractivity contribution in [3.8, 4) is 11.5 Å². The second kappa shape index (κ2) is 5.21. The van der Waals surface area contributed by atoms with Gasteiger partial charge in [0.1, 0.15) is 18.1 Å². The van der Waals surface area contributed by atoms with Gasteiger partial charge in [0.15, 0.2) is 0 Å². The molecule has 0 amide bonds. The van der Waals surface area contributed by atoms with E-state index >= 15 is 0 Å². The molecule has 0 saturated heterocycles. The van der Waals surface area contributed by atoms with E-state index in [2.05, 4.69) is 0 Å². The van der Waals surface area contributed by atoms with Gasteiger partial charge in [-0.2, -0.15) is 0 Å². The molecule has 16 heavy (non-hydrogen) atoms. The van der Waals surface area contributed by atoms with Crippen molar-refractivity contribution in [2.75, 3.05) is 13.7 Å². The van der Waals surface area contributed by atoms with Gasteiger partial charge in [-0.15, -0.1) is 0 Å². The quantitative estimate of drug-likeness (QED) is 0.854. The van der Waals surface area contributed by atoms with Gasteiger partial charge in [-0.05, 0) is 17.5 Å². The van der Waals surface area contributed by atoms with Crippen LogP contribution in [0.15, 0.2) is 24.3 Å². The molecular weight excluding hydrogens is 204 g/mol. The maximum Gasteiger partial charge on any atom is 0.123 e. The van der Waals surface area contributed by atoms with E-state index < -0.39 is 6.10 Å². The van der Waals surface area contributed by atoms with E-state index in [4.69, 9.17) is 9.47 Å². The van der Waals surface area contributed by atoms with E-state index in [1.54, 1.807) is 13.2 Å². The average Bonchev–Trinajstić information content (AvgIpc) is 2.25. The third kappa shape index (κ3) is 3.74. The Morgan fingerprint density at radius 3 is 2.44 bits per heavy atom. The maximum absolute atomic E-state index is 9.82. The van der Waals surface area contributed by atoms with Crippen LogP contribution in [-0.4, -0.2) is 24.9 Å². The molecule has 1 unspecified atom stereocenters. The molecule has 0 aliphatic rings. The van der Waals surface area contributed by atoms with Gasteiger partial charge in [-0.1, -0.05) is 26.8 Å². The van der Waals surface area contributed by atoms with Gasteiger partial charge < -0.3 is 14.6 Å². The lowest BCUT2D eigenvalue weighted by Gasteiger charge is -2.25. The van der Waals surface area contributed by atoms with Gasteiger partial charge in [-0.3, -0.25) is 0 Å². The Bertz CT molecular complexity index is 328. The topological polar surface area (TPSA) is 38.7 Å². The lowest BCUT2D eigenvalue weighted by molar-refractivity contribution is 0.0218. The highest BCUT2D eigenvalue weighted by atomic mass is 16.5. The molecule has 0 aliphatic carbocycles. The summed E-state index contributed by atoms with van der Waals surface area (Å²) in [5, 5.41) is 9.82. The number of hydrogen-bond donors (Lipinski definition) is 1. The summed E-state index contributed by atoms with van der Waals surface area (Å²) in [7, 11) is 1.61. The first kappa shape index (κ1) is 12.8. The predicted octanol–water partition coefficient (Wildman–Crippen LogP) is 2.48. The summed E-state index contributed by atoms with van der Waals surface area (Å²) in [6.07, 6.45) is -0.487. The van der Waals surface area contributed by atoms with Gasteiger partial charge >= 0.3 is 0 Å². The number of benzene rings is 1. The molecule has 0 radical (unpaired) electrons. The van der Waals surface area contributed by atoms with Crippen molar-refractivity contribution in [1.29, 1.82) is 0 Å². The summed E-state index contributed by atoms with van der Waals surface area (Å²) in [4.78, 5) is 0. The van der Waals surface area contributed by atoms with Crippen molar-refractivity contribution in [1.82, 2.24) is 0 Å². The summed E-state index contributed by atoms with van der Waals surface area (Å²) >= 11 is 0. The van der Waals surface area contributed by atoms with Crippen LogP contribution in [0.3, 0.4) is 0 Å². The number of rotatable bonds is 4. The predicted molar refractivity (Wildman–Crippen MR) is 64.0 cm³/mol. The van der Waals surface area contributed by atoms with Crippen molar-refractivity contribution in [2.45, 2.75) is 26.9 Å². The number of methoxy groups -OCH3 is 1. The minimum Gasteiger partial charge on any atom is -0.497 e. The van der Waals surface area contributed by atoms with E-state index in [0.29, 0.717) is 5.75 Å². The Balaban J connectivity index is 2.54. The molecule has 90 valence electrons. The molecule has 0 bridgehead atoms. The first-order valence-corrected chi connectivity index (χ1v) is 5.38. The molecule has 0 aliphatic heterocycles. The standard InChI is InChI=1S/C13H20O3/c1-13(2,3)12(14)9-16-11-7-5-6-10(8-11)15-4/h5-8,12,14H,9H2,1-4H3. The minimum atomic E-state index is -0.487. The van der Waals surface area contributed by atoms with Gasteiger partial charge in [0.2, 0.25) is 0 Å². The second-order valence-corrected chi connectivity index (χ2v) is 4.87. The lowest BCUT2D eigenvalue weighted by atomic mass is 9.90. The van der Waals surface area contributed by atoms with Crippen LogP contribution >= 0.6 is 0 Å². The van der Waals surface area contributed by atoms with E-state index in [9.17, 15) is 5.11 Å². The van der Waals surface area contributed by atoms with E-state index in [1.165, 1.54) is 0 Å². The summed E-state index contributed by atoms with van der Waals surface area (Å²) < 4.78 is 10.6. The summed E-state index contributed by atoms with van der Waals surface area (Å²) in [6.45, 7) is 6.22. The summed E-state index contributed by atoms with van der Waals surface area (Å²) in [5.41, 5.74) is -0.168. The van der Waals surface area contributed by atoms with Crippen LogP contribution in [0.25, 0.3) is 0 Å². The van der Waals surface area contributed by atoms with E-state index in [-0.39, 0.29) is 12.0 Å². The molecule has 0 fully saturated rings. The minimum absolute atomic E-state index is 0.168. The van der Waals surface area contributed by atoms with Gasteiger partial charge in [0.05, 0.1) is 13.2 Å². The van der Waals surface area contributed by atoms with Crippen molar-refractivity contribution < 1.29 is 14.6 Å². The zero-order valence-electron chi connectivity index (χ0n) is 10.4. The molecule has 1 atom stereocenters. The maximum atomic E-state index is 9.82. The first-order chi connectivity index (χ1) is 7.43. The van der Waals surface area contributed by atoms with Crippen LogP contribution < -0.4 is 9.47 Å². The molecule has 0 aromatic heterocycles. The van der Waals surface area contributed by atoms with Gasteiger partial charge in [0.25, 0.3) is 0 Å². The van der Waals surface area contributed by atoms with Crippen LogP contribution in [0.5, 0.6) is 11.5 Å². The molecule has 3 nitrogen and oxygen atoms in total. The smallest absolute Gasteiger partial charge is 0.123 e. The summed E-state index contributed by atoms with van der Waals surface area (Å²) in [5.74, 6) is 1.46. The van der Waals surface area contributed by atoms with Crippen molar-refractivity contribution in [3.63, 3.8) is 0 Å². The van der Waals surface area contributed by atoms with E-state index in [1.807, 2.05) is 39.0 Å². The lowest BCUT2D eigenvalue weighted by Crippen LogP contribution is -2.31. The monoisotopic (exact) mass is 224 g/mol. The molecule has 0 spiro atoms.